The van der Waals surface area contributed by atoms with Crippen LogP contribution in [0.15, 0.2) is 16.6 Å². The van der Waals surface area contributed by atoms with E-state index in [1.807, 2.05) is 6.92 Å². The summed E-state index contributed by atoms with van der Waals surface area (Å²) in [5.41, 5.74) is 0.409. The molecule has 0 aromatic heterocycles. The van der Waals surface area contributed by atoms with Gasteiger partial charge < -0.3 is 19.7 Å². The van der Waals surface area contributed by atoms with Crippen LogP contribution in [0.5, 0.6) is 11.5 Å². The molecule has 0 bridgehead atoms. The smallest absolute Gasteiger partial charge is 0.251 e. The predicted molar refractivity (Wildman–Crippen MR) is 90.0 cm³/mol. The van der Waals surface area contributed by atoms with Crippen molar-refractivity contribution in [3.05, 3.63) is 22.2 Å². The number of carbonyl (C=O) groups is 2. The first-order valence-electron chi connectivity index (χ1n) is 7.63. The van der Waals surface area contributed by atoms with E-state index in [9.17, 15) is 9.59 Å². The van der Waals surface area contributed by atoms with E-state index < -0.39 is 0 Å². The fourth-order valence-electron chi connectivity index (χ4n) is 2.47. The van der Waals surface area contributed by atoms with Gasteiger partial charge in [-0.1, -0.05) is 0 Å². The van der Waals surface area contributed by atoms with E-state index in [4.69, 9.17) is 9.47 Å². The topological polar surface area (TPSA) is 67.9 Å². The van der Waals surface area contributed by atoms with Crippen LogP contribution in [0.1, 0.15) is 30.1 Å². The van der Waals surface area contributed by atoms with Gasteiger partial charge in [-0.3, -0.25) is 9.59 Å². The zero-order chi connectivity index (χ0) is 16.8. The molecule has 1 fully saturated rings. The number of amides is 2. The minimum Gasteiger partial charge on any atom is -0.493 e. The van der Waals surface area contributed by atoms with E-state index >= 15 is 0 Å². The van der Waals surface area contributed by atoms with Gasteiger partial charge in [0, 0.05) is 18.7 Å². The molecule has 1 aromatic carbocycles. The van der Waals surface area contributed by atoms with Crippen molar-refractivity contribution in [2.45, 2.75) is 19.8 Å². The molecule has 1 aliphatic rings. The maximum atomic E-state index is 12.3. The molecule has 2 rings (SSSR count). The van der Waals surface area contributed by atoms with Gasteiger partial charge >= 0.3 is 0 Å². The highest BCUT2D eigenvalue weighted by molar-refractivity contribution is 9.10. The van der Waals surface area contributed by atoms with Crippen molar-refractivity contribution >= 4 is 27.7 Å². The molecule has 1 saturated heterocycles. The number of methoxy groups -OCH3 is 1. The highest BCUT2D eigenvalue weighted by Gasteiger charge is 2.20. The summed E-state index contributed by atoms with van der Waals surface area (Å²) in [5, 5.41) is 2.66. The fraction of sp³-hybridized carbons (Fsp3) is 0.500. The van der Waals surface area contributed by atoms with Crippen molar-refractivity contribution in [2.75, 3.05) is 33.4 Å². The number of halogens is 1. The zero-order valence-electron chi connectivity index (χ0n) is 13.4. The lowest BCUT2D eigenvalue weighted by Gasteiger charge is -2.16. The van der Waals surface area contributed by atoms with Crippen molar-refractivity contribution in [3.63, 3.8) is 0 Å². The summed E-state index contributed by atoms with van der Waals surface area (Å²) in [6.45, 7) is 3.92. The molecule has 6 nitrogen and oxygen atoms in total. The molecule has 2 amide bonds. The van der Waals surface area contributed by atoms with Gasteiger partial charge in [-0.2, -0.15) is 0 Å². The molecule has 0 aliphatic carbocycles. The van der Waals surface area contributed by atoms with Gasteiger partial charge in [0.25, 0.3) is 5.91 Å². The van der Waals surface area contributed by atoms with Gasteiger partial charge in [-0.15, -0.1) is 0 Å². The number of rotatable bonds is 6. The number of nitrogens with zero attached hydrogens (tertiary/aromatic N) is 1. The minimum atomic E-state index is -0.320. The van der Waals surface area contributed by atoms with Crippen LogP contribution in [0.4, 0.5) is 0 Å². The first-order chi connectivity index (χ1) is 11.1. The number of carbonyl (C=O) groups excluding carboxylic acids is 2. The van der Waals surface area contributed by atoms with E-state index in [0.29, 0.717) is 28.1 Å². The lowest BCUT2D eigenvalue weighted by atomic mass is 10.2. The molecule has 126 valence electrons. The van der Waals surface area contributed by atoms with Gasteiger partial charge in [-0.05, 0) is 47.8 Å². The molecule has 23 heavy (non-hydrogen) atoms. The molecule has 0 saturated carbocycles. The van der Waals surface area contributed by atoms with Crippen LogP contribution in [-0.2, 0) is 4.79 Å². The van der Waals surface area contributed by atoms with Crippen molar-refractivity contribution in [1.29, 1.82) is 0 Å². The van der Waals surface area contributed by atoms with E-state index in [2.05, 4.69) is 21.2 Å². The Kier molecular flexibility index (Phi) is 6.27. The summed E-state index contributed by atoms with van der Waals surface area (Å²) >= 11 is 3.38. The van der Waals surface area contributed by atoms with Crippen LogP contribution in [0.3, 0.4) is 0 Å². The van der Waals surface area contributed by atoms with Crippen LogP contribution >= 0.6 is 15.9 Å². The molecule has 0 spiro atoms. The monoisotopic (exact) mass is 384 g/mol. The molecule has 1 N–H and O–H groups in total. The molecule has 1 aromatic rings. The molecule has 7 heteroatoms. The molecule has 1 aliphatic heterocycles. The van der Waals surface area contributed by atoms with Gasteiger partial charge in [0.15, 0.2) is 11.5 Å². The first-order valence-corrected chi connectivity index (χ1v) is 8.42. The number of likely N-dealkylation sites (tertiary alicyclic amines) is 1. The Morgan fingerprint density at radius 3 is 2.61 bits per heavy atom. The summed E-state index contributed by atoms with van der Waals surface area (Å²) in [6.07, 6.45) is 2.06. The van der Waals surface area contributed by atoms with Crippen molar-refractivity contribution in [2.24, 2.45) is 0 Å². The number of hydrogen-bond acceptors (Lipinski definition) is 4. The first kappa shape index (κ1) is 17.6. The van der Waals surface area contributed by atoms with Crippen LogP contribution < -0.4 is 14.8 Å². The number of hydrogen-bond donors (Lipinski definition) is 1. The van der Waals surface area contributed by atoms with Crippen LogP contribution in [0.2, 0.25) is 0 Å². The lowest BCUT2D eigenvalue weighted by molar-refractivity contribution is -0.129. The van der Waals surface area contributed by atoms with Crippen LogP contribution in [0.25, 0.3) is 0 Å². The van der Waals surface area contributed by atoms with Crippen molar-refractivity contribution in [3.8, 4) is 11.5 Å². The summed E-state index contributed by atoms with van der Waals surface area (Å²) in [4.78, 5) is 26.0. The number of benzene rings is 1. The third kappa shape index (κ3) is 4.37. The molecular formula is C16H21BrN2O4. The summed E-state index contributed by atoms with van der Waals surface area (Å²) < 4.78 is 11.4. The molecule has 0 unspecified atom stereocenters. The fourth-order valence-corrected chi connectivity index (χ4v) is 3.03. The highest BCUT2D eigenvalue weighted by Crippen LogP contribution is 2.36. The predicted octanol–water partition coefficient (Wildman–Crippen LogP) is 2.21. The van der Waals surface area contributed by atoms with Crippen LogP contribution in [-0.4, -0.2) is 50.1 Å². The van der Waals surface area contributed by atoms with Gasteiger partial charge in [0.1, 0.15) is 0 Å². The Balaban J connectivity index is 2.04. The van der Waals surface area contributed by atoms with E-state index in [-0.39, 0.29) is 18.4 Å². The van der Waals surface area contributed by atoms with E-state index in [1.54, 1.807) is 17.0 Å². The van der Waals surface area contributed by atoms with Gasteiger partial charge in [-0.25, -0.2) is 0 Å². The number of nitrogens with one attached hydrogen (secondary N) is 1. The van der Waals surface area contributed by atoms with E-state index in [0.717, 1.165) is 25.9 Å². The summed E-state index contributed by atoms with van der Waals surface area (Å²) in [5.74, 6) is 0.657. The van der Waals surface area contributed by atoms with Crippen molar-refractivity contribution in [1.82, 2.24) is 10.2 Å². The average Bonchev–Trinajstić information content (AvgIpc) is 3.08. The lowest BCUT2D eigenvalue weighted by Crippen LogP contribution is -2.38. The zero-order valence-corrected chi connectivity index (χ0v) is 14.9. The standard InChI is InChI=1S/C16H21BrN2O4/c1-3-23-15-12(17)8-11(9-13(15)22-2)16(21)18-10-14(20)19-6-4-5-7-19/h8-9H,3-7,10H2,1-2H3,(H,18,21). The quantitative estimate of drug-likeness (QED) is 0.816. The van der Waals surface area contributed by atoms with E-state index in [1.165, 1.54) is 7.11 Å². The molecular weight excluding hydrogens is 364 g/mol. The average molecular weight is 385 g/mol. The number of ether oxygens (including phenoxy) is 2. The second kappa shape index (κ2) is 8.19. The Hall–Kier alpha value is -1.76. The van der Waals surface area contributed by atoms with Crippen LogP contribution in [0, 0.1) is 0 Å². The van der Waals surface area contributed by atoms with Crippen molar-refractivity contribution < 1.29 is 19.1 Å². The second-order valence-corrected chi connectivity index (χ2v) is 6.05. The summed E-state index contributed by atoms with van der Waals surface area (Å²) in [6, 6.07) is 3.26. The Bertz CT molecular complexity index is 586. The van der Waals surface area contributed by atoms with Gasteiger partial charge in [0.2, 0.25) is 5.91 Å². The maximum absolute atomic E-state index is 12.3. The molecule has 0 radical (unpaired) electrons. The Morgan fingerprint density at radius 1 is 1.30 bits per heavy atom. The minimum absolute atomic E-state index is 0.00593. The largest absolute Gasteiger partial charge is 0.493 e. The third-order valence-corrected chi connectivity index (χ3v) is 4.23. The third-order valence-electron chi connectivity index (χ3n) is 3.64. The maximum Gasteiger partial charge on any atom is 0.251 e. The summed E-state index contributed by atoms with van der Waals surface area (Å²) in [7, 11) is 1.52. The Morgan fingerprint density at radius 2 is 2.00 bits per heavy atom. The van der Waals surface area contributed by atoms with Gasteiger partial charge in [0.05, 0.1) is 24.7 Å². The highest BCUT2D eigenvalue weighted by atomic mass is 79.9. The SMILES string of the molecule is CCOc1c(Br)cc(C(=O)NCC(=O)N2CCCC2)cc1OC. The molecule has 1 heterocycles. The normalized spacial score (nSPS) is 13.8. The Labute approximate surface area is 144 Å². The second-order valence-electron chi connectivity index (χ2n) is 5.19. The molecule has 0 atom stereocenters.